The van der Waals surface area contributed by atoms with Crippen molar-refractivity contribution in [1.29, 1.82) is 0 Å². The first-order chi connectivity index (χ1) is 20.6. The van der Waals surface area contributed by atoms with E-state index in [1.54, 1.807) is 0 Å². The van der Waals surface area contributed by atoms with Gasteiger partial charge in [0.2, 0.25) is 0 Å². The number of aliphatic hydroxyl groups excluding tert-OH is 2. The first kappa shape index (κ1) is 41.1. The molecule has 0 aromatic heterocycles. The Balaban J connectivity index is 3.75. The lowest BCUT2D eigenvalue weighted by atomic mass is 9.85. The minimum Gasteiger partial charge on any atom is -0.394 e. The fourth-order valence-electron chi connectivity index (χ4n) is 5.73. The minimum atomic E-state index is -1.13. The van der Waals surface area contributed by atoms with Crippen molar-refractivity contribution in [3.05, 3.63) is 36.5 Å². The van der Waals surface area contributed by atoms with Gasteiger partial charge in [-0.3, -0.25) is 0 Å². The standard InChI is InChI=1S/C39H74O3/c1-3-5-7-9-11-13-15-17-19-21-23-25-27-29-31-33-35-39(42,38(41)37-40)36-34-32-30-28-26-24-22-20-18-16-14-12-10-8-6-4-2/h11,13,17-20,38,40-42H,3-10,12,14-16,21-37H2,1-2H3/b13-11-,19-17-,20-18-. The Labute approximate surface area is 263 Å². The molecule has 3 nitrogen and oxygen atoms in total. The van der Waals surface area contributed by atoms with Gasteiger partial charge in [0.05, 0.1) is 12.2 Å². The number of aliphatic hydroxyl groups is 3. The van der Waals surface area contributed by atoms with E-state index in [9.17, 15) is 15.3 Å². The summed E-state index contributed by atoms with van der Waals surface area (Å²) in [5.41, 5.74) is -1.13. The maximum atomic E-state index is 11.1. The van der Waals surface area contributed by atoms with Crippen molar-refractivity contribution in [1.82, 2.24) is 0 Å². The summed E-state index contributed by atoms with van der Waals surface area (Å²) in [7, 11) is 0. The van der Waals surface area contributed by atoms with E-state index in [0.29, 0.717) is 12.8 Å². The predicted octanol–water partition coefficient (Wildman–Crippen LogP) is 11.7. The molecule has 0 saturated carbocycles. The first-order valence-corrected chi connectivity index (χ1v) is 18.6. The van der Waals surface area contributed by atoms with Crippen molar-refractivity contribution in [3.63, 3.8) is 0 Å². The van der Waals surface area contributed by atoms with Gasteiger partial charge < -0.3 is 15.3 Å². The van der Waals surface area contributed by atoms with E-state index in [1.165, 1.54) is 135 Å². The van der Waals surface area contributed by atoms with Gasteiger partial charge >= 0.3 is 0 Å². The molecule has 2 unspecified atom stereocenters. The van der Waals surface area contributed by atoms with Crippen molar-refractivity contribution in [2.45, 2.75) is 205 Å². The Morgan fingerprint density at radius 3 is 1.17 bits per heavy atom. The maximum Gasteiger partial charge on any atom is 0.106 e. The van der Waals surface area contributed by atoms with Crippen molar-refractivity contribution in [2.75, 3.05) is 6.61 Å². The van der Waals surface area contributed by atoms with Crippen molar-refractivity contribution >= 4 is 0 Å². The molecule has 248 valence electrons. The van der Waals surface area contributed by atoms with Crippen LogP contribution in [-0.2, 0) is 0 Å². The van der Waals surface area contributed by atoms with E-state index in [1.807, 2.05) is 0 Å². The number of allylic oxidation sites excluding steroid dienone is 6. The van der Waals surface area contributed by atoms with Gasteiger partial charge in [-0.05, 0) is 70.6 Å². The van der Waals surface area contributed by atoms with Crippen LogP contribution in [0.15, 0.2) is 36.5 Å². The third-order valence-corrected chi connectivity index (χ3v) is 8.73. The monoisotopic (exact) mass is 591 g/mol. The molecule has 0 aliphatic carbocycles. The molecule has 0 spiro atoms. The molecule has 0 bridgehead atoms. The molecule has 3 N–H and O–H groups in total. The highest BCUT2D eigenvalue weighted by Crippen LogP contribution is 2.27. The molecular formula is C39H74O3. The molecule has 42 heavy (non-hydrogen) atoms. The lowest BCUT2D eigenvalue weighted by molar-refractivity contribution is -0.106. The van der Waals surface area contributed by atoms with Crippen LogP contribution in [0.3, 0.4) is 0 Å². The largest absolute Gasteiger partial charge is 0.394 e. The average molecular weight is 591 g/mol. The van der Waals surface area contributed by atoms with E-state index >= 15 is 0 Å². The van der Waals surface area contributed by atoms with Crippen LogP contribution in [0, 0.1) is 0 Å². The van der Waals surface area contributed by atoms with Gasteiger partial charge in [-0.1, -0.05) is 159 Å². The first-order valence-electron chi connectivity index (χ1n) is 18.6. The SMILES string of the molecule is CCCCC/C=C\C/C=C\CCCCCCCCC(O)(CCCCCCCC/C=C\CCCCCCCC)C(O)CO. The summed E-state index contributed by atoms with van der Waals surface area (Å²) in [5, 5.41) is 30.9. The number of unbranched alkanes of at least 4 members (excludes halogenated alkanes) is 21. The Bertz CT molecular complexity index is 611. The highest BCUT2D eigenvalue weighted by atomic mass is 16.4. The molecule has 0 aromatic carbocycles. The van der Waals surface area contributed by atoms with Crippen molar-refractivity contribution in [2.24, 2.45) is 0 Å². The quantitative estimate of drug-likeness (QED) is 0.0526. The molecule has 0 rings (SSSR count). The number of rotatable bonds is 33. The lowest BCUT2D eigenvalue weighted by Crippen LogP contribution is -2.44. The van der Waals surface area contributed by atoms with Crippen molar-refractivity contribution in [3.8, 4) is 0 Å². The second-order valence-electron chi connectivity index (χ2n) is 12.8. The highest BCUT2D eigenvalue weighted by Gasteiger charge is 2.33. The fourth-order valence-corrected chi connectivity index (χ4v) is 5.73. The number of hydrogen-bond acceptors (Lipinski definition) is 3. The molecule has 0 aliphatic heterocycles. The van der Waals surface area contributed by atoms with E-state index in [4.69, 9.17) is 0 Å². The van der Waals surface area contributed by atoms with Gasteiger partial charge in [-0.25, -0.2) is 0 Å². The Kier molecular flexibility index (Phi) is 32.3. The molecular weight excluding hydrogens is 516 g/mol. The smallest absolute Gasteiger partial charge is 0.106 e. The summed E-state index contributed by atoms with van der Waals surface area (Å²) in [5.74, 6) is 0. The summed E-state index contributed by atoms with van der Waals surface area (Å²) in [4.78, 5) is 0. The highest BCUT2D eigenvalue weighted by molar-refractivity contribution is 4.92. The molecule has 2 atom stereocenters. The zero-order valence-electron chi connectivity index (χ0n) is 28.4. The van der Waals surface area contributed by atoms with Crippen LogP contribution in [-0.4, -0.2) is 33.6 Å². The molecule has 0 heterocycles. The van der Waals surface area contributed by atoms with Gasteiger partial charge in [-0.15, -0.1) is 0 Å². The summed E-state index contributed by atoms with van der Waals surface area (Å²) in [6.45, 7) is 4.16. The zero-order chi connectivity index (χ0) is 30.8. The number of hydrogen-bond donors (Lipinski definition) is 3. The minimum absolute atomic E-state index is 0.356. The molecule has 0 saturated heterocycles. The molecule has 0 aromatic rings. The molecule has 0 amide bonds. The Morgan fingerprint density at radius 2 is 0.762 bits per heavy atom. The van der Waals surface area contributed by atoms with Crippen LogP contribution >= 0.6 is 0 Å². The molecule has 3 heteroatoms. The van der Waals surface area contributed by atoms with Crippen LogP contribution in [0.1, 0.15) is 194 Å². The van der Waals surface area contributed by atoms with Gasteiger partial charge in [0, 0.05) is 0 Å². The second-order valence-corrected chi connectivity index (χ2v) is 12.8. The Morgan fingerprint density at radius 1 is 0.452 bits per heavy atom. The third kappa shape index (κ3) is 27.9. The average Bonchev–Trinajstić information content (AvgIpc) is 3.00. The predicted molar refractivity (Wildman–Crippen MR) is 186 cm³/mol. The summed E-state index contributed by atoms with van der Waals surface area (Å²) in [6.07, 6.45) is 46.1. The van der Waals surface area contributed by atoms with Gasteiger partial charge in [0.25, 0.3) is 0 Å². The maximum absolute atomic E-state index is 11.1. The molecule has 0 fully saturated rings. The van der Waals surface area contributed by atoms with Crippen molar-refractivity contribution < 1.29 is 15.3 Å². The van der Waals surface area contributed by atoms with Gasteiger partial charge in [0.1, 0.15) is 6.10 Å². The Hall–Kier alpha value is -0.900. The van der Waals surface area contributed by atoms with Gasteiger partial charge in [-0.2, -0.15) is 0 Å². The van der Waals surface area contributed by atoms with Crippen LogP contribution in [0.2, 0.25) is 0 Å². The summed E-state index contributed by atoms with van der Waals surface area (Å²) >= 11 is 0. The zero-order valence-corrected chi connectivity index (χ0v) is 28.4. The van der Waals surface area contributed by atoms with E-state index in [2.05, 4.69) is 50.3 Å². The van der Waals surface area contributed by atoms with E-state index < -0.39 is 11.7 Å². The van der Waals surface area contributed by atoms with E-state index in [0.717, 1.165) is 32.1 Å². The topological polar surface area (TPSA) is 60.7 Å². The fraction of sp³-hybridized carbons (Fsp3) is 0.846. The van der Waals surface area contributed by atoms with Crippen LogP contribution in [0.4, 0.5) is 0 Å². The normalized spacial score (nSPS) is 14.5. The lowest BCUT2D eigenvalue weighted by Gasteiger charge is -2.32. The van der Waals surface area contributed by atoms with Crippen LogP contribution in [0.25, 0.3) is 0 Å². The summed E-state index contributed by atoms with van der Waals surface area (Å²) < 4.78 is 0. The van der Waals surface area contributed by atoms with Gasteiger partial charge in [0.15, 0.2) is 0 Å². The summed E-state index contributed by atoms with van der Waals surface area (Å²) in [6, 6.07) is 0. The molecule has 0 aliphatic rings. The van der Waals surface area contributed by atoms with Crippen LogP contribution in [0.5, 0.6) is 0 Å². The van der Waals surface area contributed by atoms with Crippen LogP contribution < -0.4 is 0 Å². The second kappa shape index (κ2) is 33.0. The van der Waals surface area contributed by atoms with E-state index in [-0.39, 0.29) is 6.61 Å². The third-order valence-electron chi connectivity index (χ3n) is 8.73. The molecule has 0 radical (unpaired) electrons.